The van der Waals surface area contributed by atoms with E-state index in [4.69, 9.17) is 9.88 Å². The van der Waals surface area contributed by atoms with Gasteiger partial charge in [-0.1, -0.05) is 20.8 Å². The van der Waals surface area contributed by atoms with Crippen LogP contribution in [-0.4, -0.2) is 37.3 Å². The Bertz CT molecular complexity index is 1510. The lowest BCUT2D eigenvalue weighted by Crippen LogP contribution is -2.29. The van der Waals surface area contributed by atoms with Gasteiger partial charge >= 0.3 is 0 Å². The largest absolute Gasteiger partial charge is 0.507 e. The molecule has 3 N–H and O–H groups in total. The van der Waals surface area contributed by atoms with Crippen LogP contribution in [0.25, 0.3) is 5.76 Å². The summed E-state index contributed by atoms with van der Waals surface area (Å²) >= 11 is 0. The average molecular weight is 522 g/mol. The van der Waals surface area contributed by atoms with E-state index < -0.39 is 27.8 Å². The molecule has 9 nitrogen and oxygen atoms in total. The van der Waals surface area contributed by atoms with E-state index in [1.54, 1.807) is 37.4 Å². The molecule has 0 saturated carbocycles. The van der Waals surface area contributed by atoms with Crippen molar-refractivity contribution >= 4 is 33.2 Å². The van der Waals surface area contributed by atoms with E-state index in [9.17, 15) is 23.1 Å². The fourth-order valence-corrected chi connectivity index (χ4v) is 4.87. The third kappa shape index (κ3) is 4.85. The number of ether oxygens (including phenoxy) is 1. The molecule has 1 aromatic heterocycles. The maximum absolute atomic E-state index is 13.4. The first-order chi connectivity index (χ1) is 17.3. The van der Waals surface area contributed by atoms with Gasteiger partial charge in [-0.3, -0.25) is 19.5 Å². The van der Waals surface area contributed by atoms with Gasteiger partial charge in [0.05, 0.1) is 23.6 Å². The van der Waals surface area contributed by atoms with Gasteiger partial charge < -0.3 is 9.84 Å². The molecule has 0 aliphatic carbocycles. The first kappa shape index (κ1) is 26.1. The number of rotatable bonds is 5. The molecular weight excluding hydrogens is 494 g/mol. The Morgan fingerprint density at radius 2 is 1.65 bits per heavy atom. The van der Waals surface area contributed by atoms with Crippen LogP contribution in [0.2, 0.25) is 0 Å². The molecule has 2 heterocycles. The number of methoxy groups -OCH3 is 1. The standard InChI is InChI=1S/C27H27N3O6S/c1-27(2,3)20-15-17(5-10-21(20)36-4)24(31)22-23(16-11-13-29-14-12-16)30(26(33)25(22)32)18-6-8-19(9-7-18)37(28,34)35/h5-15,23,31H,1-4H3,(H2,28,34,35)/b24-22-. The molecule has 1 aliphatic heterocycles. The quantitative estimate of drug-likeness (QED) is 0.297. The average Bonchev–Trinajstić information content (AvgIpc) is 3.13. The normalized spacial score (nSPS) is 17.8. The Balaban J connectivity index is 1.93. The molecule has 0 spiro atoms. The number of aromatic nitrogens is 1. The van der Waals surface area contributed by atoms with Gasteiger partial charge in [0, 0.05) is 29.2 Å². The van der Waals surface area contributed by atoms with E-state index in [1.165, 1.54) is 41.6 Å². The Kier molecular flexibility index (Phi) is 6.66. The van der Waals surface area contributed by atoms with E-state index >= 15 is 0 Å². The van der Waals surface area contributed by atoms with Crippen LogP contribution in [0.15, 0.2) is 77.5 Å². The van der Waals surface area contributed by atoms with Gasteiger partial charge in [-0.25, -0.2) is 13.6 Å². The lowest BCUT2D eigenvalue weighted by atomic mass is 9.84. The van der Waals surface area contributed by atoms with Crippen molar-refractivity contribution in [2.75, 3.05) is 12.0 Å². The Morgan fingerprint density at radius 3 is 2.19 bits per heavy atom. The molecule has 37 heavy (non-hydrogen) atoms. The van der Waals surface area contributed by atoms with Gasteiger partial charge in [-0.15, -0.1) is 0 Å². The van der Waals surface area contributed by atoms with Crippen LogP contribution in [0.1, 0.15) is 43.5 Å². The summed E-state index contributed by atoms with van der Waals surface area (Å²) in [5, 5.41) is 16.6. The summed E-state index contributed by atoms with van der Waals surface area (Å²) in [6.07, 6.45) is 3.04. The van der Waals surface area contributed by atoms with Gasteiger partial charge in [0.2, 0.25) is 10.0 Å². The van der Waals surface area contributed by atoms with Crippen molar-refractivity contribution in [3.63, 3.8) is 0 Å². The summed E-state index contributed by atoms with van der Waals surface area (Å²) in [5.41, 5.74) is 1.54. The molecule has 2 aromatic carbocycles. The lowest BCUT2D eigenvalue weighted by molar-refractivity contribution is -0.132. The molecule has 0 bridgehead atoms. The number of carbonyl (C=O) groups is 2. The monoisotopic (exact) mass is 521 g/mol. The number of hydrogen-bond acceptors (Lipinski definition) is 7. The number of Topliss-reactive ketones (excluding diaryl/α,β-unsaturated/α-hetero) is 1. The molecule has 192 valence electrons. The number of aliphatic hydroxyl groups is 1. The number of carbonyl (C=O) groups excluding carboxylic acids is 2. The van der Waals surface area contributed by atoms with Crippen LogP contribution in [0.3, 0.4) is 0 Å². The second-order valence-corrected chi connectivity index (χ2v) is 11.2. The van der Waals surface area contributed by atoms with Crippen molar-refractivity contribution in [3.8, 4) is 5.75 Å². The molecule has 1 unspecified atom stereocenters. The van der Waals surface area contributed by atoms with Crippen LogP contribution in [0.5, 0.6) is 5.75 Å². The number of aliphatic hydroxyl groups excluding tert-OH is 1. The maximum atomic E-state index is 13.4. The third-order valence-corrected chi connectivity index (χ3v) is 7.12. The van der Waals surface area contributed by atoms with Crippen molar-refractivity contribution in [3.05, 3.63) is 89.3 Å². The Morgan fingerprint density at radius 1 is 1.03 bits per heavy atom. The Hall–Kier alpha value is -4.02. The number of hydrogen-bond donors (Lipinski definition) is 2. The van der Waals surface area contributed by atoms with Crippen molar-refractivity contribution in [2.24, 2.45) is 5.14 Å². The van der Waals surface area contributed by atoms with Crippen molar-refractivity contribution in [2.45, 2.75) is 37.1 Å². The number of benzene rings is 2. The smallest absolute Gasteiger partial charge is 0.300 e. The van der Waals surface area contributed by atoms with E-state index in [-0.39, 0.29) is 27.3 Å². The van der Waals surface area contributed by atoms with E-state index in [0.29, 0.717) is 16.9 Å². The minimum atomic E-state index is -3.95. The molecule has 4 rings (SSSR count). The van der Waals surface area contributed by atoms with Gasteiger partial charge in [0.1, 0.15) is 11.5 Å². The SMILES string of the molecule is COc1ccc(/C(O)=C2/C(=O)C(=O)N(c3ccc(S(N)(=O)=O)cc3)C2c2ccncc2)cc1C(C)(C)C. The van der Waals surface area contributed by atoms with Gasteiger partial charge in [0.15, 0.2) is 0 Å². The number of nitrogens with zero attached hydrogens (tertiary/aromatic N) is 2. The van der Waals surface area contributed by atoms with Gasteiger partial charge in [-0.2, -0.15) is 0 Å². The number of anilines is 1. The number of primary sulfonamides is 1. The minimum Gasteiger partial charge on any atom is -0.507 e. The lowest BCUT2D eigenvalue weighted by Gasteiger charge is -2.26. The highest BCUT2D eigenvalue weighted by molar-refractivity contribution is 7.89. The summed E-state index contributed by atoms with van der Waals surface area (Å²) in [7, 11) is -2.40. The third-order valence-electron chi connectivity index (χ3n) is 6.19. The van der Waals surface area contributed by atoms with Crippen LogP contribution < -0.4 is 14.8 Å². The number of amides is 1. The van der Waals surface area contributed by atoms with Crippen molar-refractivity contribution < 1.29 is 27.9 Å². The van der Waals surface area contributed by atoms with Crippen LogP contribution in [-0.2, 0) is 25.0 Å². The van der Waals surface area contributed by atoms with E-state index in [0.717, 1.165) is 5.56 Å². The summed E-state index contributed by atoms with van der Waals surface area (Å²) in [6, 6.07) is 12.7. The number of sulfonamides is 1. The highest BCUT2D eigenvalue weighted by Crippen LogP contribution is 2.43. The topological polar surface area (TPSA) is 140 Å². The molecular formula is C27H27N3O6S. The first-order valence-corrected chi connectivity index (χ1v) is 12.9. The van der Waals surface area contributed by atoms with Crippen LogP contribution >= 0.6 is 0 Å². The second kappa shape index (κ2) is 9.45. The molecule has 0 radical (unpaired) electrons. The highest BCUT2D eigenvalue weighted by atomic mass is 32.2. The molecule has 10 heteroatoms. The van der Waals surface area contributed by atoms with Gasteiger partial charge in [0.25, 0.3) is 11.7 Å². The predicted molar refractivity (Wildman–Crippen MR) is 139 cm³/mol. The molecule has 3 aromatic rings. The fraction of sp³-hybridized carbons (Fsp3) is 0.222. The molecule has 1 saturated heterocycles. The van der Waals surface area contributed by atoms with Crippen LogP contribution in [0.4, 0.5) is 5.69 Å². The summed E-state index contributed by atoms with van der Waals surface area (Å²) < 4.78 is 28.9. The predicted octanol–water partition coefficient (Wildman–Crippen LogP) is 3.66. The highest BCUT2D eigenvalue weighted by Gasteiger charge is 2.47. The summed E-state index contributed by atoms with van der Waals surface area (Å²) in [5.74, 6) is -1.44. The number of pyridine rings is 1. The summed E-state index contributed by atoms with van der Waals surface area (Å²) in [4.78, 5) is 31.8. The number of nitrogens with two attached hydrogens (primary N) is 1. The van der Waals surface area contributed by atoms with E-state index in [2.05, 4.69) is 4.98 Å². The fourth-order valence-electron chi connectivity index (χ4n) is 4.35. The Labute approximate surface area is 215 Å². The first-order valence-electron chi connectivity index (χ1n) is 11.4. The molecule has 1 aliphatic rings. The van der Waals surface area contributed by atoms with Crippen molar-refractivity contribution in [1.82, 2.24) is 4.98 Å². The zero-order valence-corrected chi connectivity index (χ0v) is 21.6. The molecule has 1 amide bonds. The maximum Gasteiger partial charge on any atom is 0.300 e. The number of ketones is 1. The second-order valence-electron chi connectivity index (χ2n) is 9.65. The van der Waals surface area contributed by atoms with Crippen LogP contribution in [0, 0.1) is 0 Å². The summed E-state index contributed by atoms with van der Waals surface area (Å²) in [6.45, 7) is 5.99. The molecule has 1 atom stereocenters. The minimum absolute atomic E-state index is 0.100. The van der Waals surface area contributed by atoms with E-state index in [1.807, 2.05) is 20.8 Å². The molecule has 1 fully saturated rings. The van der Waals surface area contributed by atoms with Crippen molar-refractivity contribution in [1.29, 1.82) is 0 Å². The zero-order chi connectivity index (χ0) is 27.1. The van der Waals surface area contributed by atoms with Gasteiger partial charge in [-0.05, 0) is 65.6 Å². The zero-order valence-electron chi connectivity index (χ0n) is 20.8.